The molecule has 0 fully saturated rings. The molecule has 3 rings (SSSR count). The number of urea groups is 1. The minimum atomic E-state index is -0.300. The summed E-state index contributed by atoms with van der Waals surface area (Å²) in [6, 6.07) is 17.6. The number of hydrogen-bond donors (Lipinski definition) is 3. The van der Waals surface area contributed by atoms with E-state index in [-0.39, 0.29) is 18.0 Å². The van der Waals surface area contributed by atoms with Crippen LogP contribution < -0.4 is 16.0 Å². The summed E-state index contributed by atoms with van der Waals surface area (Å²) in [4.78, 5) is 28.7. The molecule has 3 N–H and O–H groups in total. The van der Waals surface area contributed by atoms with Gasteiger partial charge < -0.3 is 16.0 Å². The van der Waals surface area contributed by atoms with Crippen molar-refractivity contribution in [2.24, 2.45) is 0 Å². The summed E-state index contributed by atoms with van der Waals surface area (Å²) >= 11 is 5.86. The van der Waals surface area contributed by atoms with Gasteiger partial charge in [0.05, 0.1) is 11.6 Å². The van der Waals surface area contributed by atoms with Crippen LogP contribution in [0.4, 0.5) is 10.5 Å². The first-order valence-corrected chi connectivity index (χ1v) is 9.92. The molecule has 0 aliphatic rings. The van der Waals surface area contributed by atoms with Crippen LogP contribution in [-0.4, -0.2) is 16.9 Å². The Labute approximate surface area is 180 Å². The van der Waals surface area contributed by atoms with Gasteiger partial charge in [-0.1, -0.05) is 35.9 Å². The van der Waals surface area contributed by atoms with Crippen LogP contribution in [0.3, 0.4) is 0 Å². The predicted molar refractivity (Wildman–Crippen MR) is 119 cm³/mol. The summed E-state index contributed by atoms with van der Waals surface area (Å²) in [6.45, 7) is 4.11. The van der Waals surface area contributed by atoms with Crippen LogP contribution in [0.5, 0.6) is 0 Å². The smallest absolute Gasteiger partial charge is 0.319 e. The van der Waals surface area contributed by atoms with Gasteiger partial charge in [0.1, 0.15) is 0 Å². The average Bonchev–Trinajstić information content (AvgIpc) is 2.74. The number of halogens is 1. The average molecular weight is 423 g/mol. The van der Waals surface area contributed by atoms with Crippen molar-refractivity contribution >= 4 is 29.2 Å². The predicted octanol–water partition coefficient (Wildman–Crippen LogP) is 4.86. The maximum atomic E-state index is 12.4. The van der Waals surface area contributed by atoms with Gasteiger partial charge in [-0.3, -0.25) is 9.78 Å². The zero-order valence-corrected chi connectivity index (χ0v) is 17.5. The number of nitrogens with zero attached hydrogens (tertiary/aromatic N) is 1. The lowest BCUT2D eigenvalue weighted by Crippen LogP contribution is -2.28. The van der Waals surface area contributed by atoms with E-state index in [2.05, 4.69) is 20.9 Å². The van der Waals surface area contributed by atoms with E-state index in [9.17, 15) is 9.59 Å². The second-order valence-corrected chi connectivity index (χ2v) is 7.32. The number of aryl methyl sites for hydroxylation is 1. The first-order chi connectivity index (χ1) is 14.4. The lowest BCUT2D eigenvalue weighted by atomic mass is 10.1. The maximum absolute atomic E-state index is 12.4. The molecule has 0 bridgehead atoms. The standard InChI is InChI=1S/C23H23ClN4O2/c1-15(27-22(29)21-4-3-13-25-16(21)2)18-7-11-20(12-8-18)28-23(30)26-14-17-5-9-19(24)10-6-17/h3-13,15H,14H2,1-2H3,(H,27,29)(H2,26,28,30)/t15-/m0/s1. The highest BCUT2D eigenvalue weighted by atomic mass is 35.5. The molecule has 3 amide bonds. The second-order valence-electron chi connectivity index (χ2n) is 6.89. The normalized spacial score (nSPS) is 11.4. The van der Waals surface area contributed by atoms with Crippen LogP contribution in [-0.2, 0) is 6.54 Å². The van der Waals surface area contributed by atoms with E-state index in [1.807, 2.05) is 31.2 Å². The minimum Gasteiger partial charge on any atom is -0.345 e. The summed E-state index contributed by atoms with van der Waals surface area (Å²) < 4.78 is 0. The van der Waals surface area contributed by atoms with Gasteiger partial charge in [-0.25, -0.2) is 4.79 Å². The molecule has 0 radical (unpaired) electrons. The Morgan fingerprint density at radius 1 is 1.03 bits per heavy atom. The van der Waals surface area contributed by atoms with Crippen LogP contribution in [0.25, 0.3) is 0 Å². The van der Waals surface area contributed by atoms with Crippen molar-refractivity contribution in [3.63, 3.8) is 0 Å². The molecule has 1 atom stereocenters. The van der Waals surface area contributed by atoms with Gasteiger partial charge in [0.25, 0.3) is 5.91 Å². The number of hydrogen-bond acceptors (Lipinski definition) is 3. The SMILES string of the molecule is Cc1ncccc1C(=O)N[C@@H](C)c1ccc(NC(=O)NCc2ccc(Cl)cc2)cc1. The highest BCUT2D eigenvalue weighted by Crippen LogP contribution is 2.17. The highest BCUT2D eigenvalue weighted by Gasteiger charge is 2.14. The molecule has 1 aromatic heterocycles. The van der Waals surface area contributed by atoms with Crippen LogP contribution in [0, 0.1) is 6.92 Å². The monoisotopic (exact) mass is 422 g/mol. The van der Waals surface area contributed by atoms with Gasteiger partial charge in [-0.05, 0) is 61.4 Å². The number of benzene rings is 2. The summed E-state index contributed by atoms with van der Waals surface area (Å²) in [6.07, 6.45) is 1.66. The Hall–Kier alpha value is -3.38. The third-order valence-electron chi connectivity index (χ3n) is 4.63. The van der Waals surface area contributed by atoms with Crippen molar-refractivity contribution in [3.8, 4) is 0 Å². The molecule has 0 unspecified atom stereocenters. The summed E-state index contributed by atoms with van der Waals surface area (Å²) in [5.41, 5.74) is 3.79. The van der Waals surface area contributed by atoms with Gasteiger partial charge in [-0.15, -0.1) is 0 Å². The molecule has 1 heterocycles. The van der Waals surface area contributed by atoms with Crippen molar-refractivity contribution in [2.75, 3.05) is 5.32 Å². The summed E-state index contributed by atoms with van der Waals surface area (Å²) in [5.74, 6) is -0.170. The largest absolute Gasteiger partial charge is 0.345 e. The molecule has 0 aliphatic carbocycles. The molecular formula is C23H23ClN4O2. The Balaban J connectivity index is 1.52. The van der Waals surface area contributed by atoms with E-state index in [0.717, 1.165) is 11.1 Å². The van der Waals surface area contributed by atoms with Crippen LogP contribution in [0.1, 0.15) is 40.1 Å². The zero-order valence-electron chi connectivity index (χ0n) is 16.8. The van der Waals surface area contributed by atoms with Gasteiger partial charge in [0.15, 0.2) is 0 Å². The number of carbonyl (C=O) groups excluding carboxylic acids is 2. The topological polar surface area (TPSA) is 83.1 Å². The van der Waals surface area contributed by atoms with Gasteiger partial charge in [0, 0.05) is 29.1 Å². The molecule has 0 spiro atoms. The lowest BCUT2D eigenvalue weighted by Gasteiger charge is -2.16. The molecule has 30 heavy (non-hydrogen) atoms. The van der Waals surface area contributed by atoms with Crippen molar-refractivity contribution in [2.45, 2.75) is 26.4 Å². The summed E-state index contributed by atoms with van der Waals surface area (Å²) in [7, 11) is 0. The molecule has 0 saturated heterocycles. The molecule has 0 saturated carbocycles. The van der Waals surface area contributed by atoms with Gasteiger partial charge in [-0.2, -0.15) is 0 Å². The Morgan fingerprint density at radius 2 is 1.73 bits per heavy atom. The Bertz CT molecular complexity index is 1020. The van der Waals surface area contributed by atoms with E-state index < -0.39 is 0 Å². The van der Waals surface area contributed by atoms with Crippen LogP contribution >= 0.6 is 11.6 Å². The van der Waals surface area contributed by atoms with E-state index in [1.54, 1.807) is 49.5 Å². The van der Waals surface area contributed by atoms with E-state index in [4.69, 9.17) is 11.6 Å². The van der Waals surface area contributed by atoms with Crippen molar-refractivity contribution in [3.05, 3.63) is 94.3 Å². The molecule has 2 aromatic carbocycles. The number of amides is 3. The number of carbonyl (C=O) groups is 2. The second kappa shape index (κ2) is 9.89. The fourth-order valence-corrected chi connectivity index (χ4v) is 3.02. The fraction of sp³-hybridized carbons (Fsp3) is 0.174. The first kappa shape index (κ1) is 21.3. The van der Waals surface area contributed by atoms with Crippen LogP contribution in [0.2, 0.25) is 5.02 Å². The van der Waals surface area contributed by atoms with E-state index in [1.165, 1.54) is 0 Å². The zero-order chi connectivity index (χ0) is 21.5. The molecule has 6 nitrogen and oxygen atoms in total. The number of nitrogens with one attached hydrogen (secondary N) is 3. The number of aromatic nitrogens is 1. The van der Waals surface area contributed by atoms with Crippen LogP contribution in [0.15, 0.2) is 66.9 Å². The number of pyridine rings is 1. The highest BCUT2D eigenvalue weighted by molar-refractivity contribution is 6.30. The molecule has 154 valence electrons. The van der Waals surface area contributed by atoms with Crippen molar-refractivity contribution in [1.29, 1.82) is 0 Å². The van der Waals surface area contributed by atoms with E-state index in [0.29, 0.717) is 28.5 Å². The quantitative estimate of drug-likeness (QED) is 0.530. The third kappa shape index (κ3) is 5.81. The number of anilines is 1. The molecular weight excluding hydrogens is 400 g/mol. The number of rotatable bonds is 6. The van der Waals surface area contributed by atoms with E-state index >= 15 is 0 Å². The first-order valence-electron chi connectivity index (χ1n) is 9.54. The summed E-state index contributed by atoms with van der Waals surface area (Å²) in [5, 5.41) is 9.21. The maximum Gasteiger partial charge on any atom is 0.319 e. The molecule has 7 heteroatoms. The van der Waals surface area contributed by atoms with Crippen molar-refractivity contribution in [1.82, 2.24) is 15.6 Å². The molecule has 3 aromatic rings. The molecule has 0 aliphatic heterocycles. The van der Waals surface area contributed by atoms with Crippen molar-refractivity contribution < 1.29 is 9.59 Å². The van der Waals surface area contributed by atoms with Gasteiger partial charge >= 0.3 is 6.03 Å². The fourth-order valence-electron chi connectivity index (χ4n) is 2.90. The van der Waals surface area contributed by atoms with Gasteiger partial charge in [0.2, 0.25) is 0 Å². The third-order valence-corrected chi connectivity index (χ3v) is 4.89. The minimum absolute atomic E-state index is 0.170. The Kier molecular flexibility index (Phi) is 7.03. The Morgan fingerprint density at radius 3 is 2.40 bits per heavy atom. The lowest BCUT2D eigenvalue weighted by molar-refractivity contribution is 0.0939.